The molecule has 1 amide bonds. The molecule has 2 aromatic heterocycles. The Hall–Kier alpha value is -1.76. The largest absolute Gasteiger partial charge is 0.349 e. The number of H-pyrrole nitrogens is 1. The summed E-state index contributed by atoms with van der Waals surface area (Å²) >= 11 is 1.74. The molecule has 0 saturated carbocycles. The van der Waals surface area contributed by atoms with Crippen LogP contribution in [0, 0.1) is 6.92 Å². The second-order valence-corrected chi connectivity index (χ2v) is 5.25. The van der Waals surface area contributed by atoms with Gasteiger partial charge in [0.15, 0.2) is 5.82 Å². The Balaban J connectivity index is 1.66. The van der Waals surface area contributed by atoms with E-state index in [0.717, 1.165) is 22.9 Å². The summed E-state index contributed by atoms with van der Waals surface area (Å²) in [5.74, 6) is 2.01. The minimum atomic E-state index is -0.135. The number of nitrogens with zero attached hydrogens (tertiary/aromatic N) is 3. The molecular formula is C12H17N5OS. The number of imidazole rings is 2. The molecule has 0 bridgehead atoms. The summed E-state index contributed by atoms with van der Waals surface area (Å²) in [5.41, 5.74) is 2.17. The van der Waals surface area contributed by atoms with Crippen LogP contribution in [0.2, 0.25) is 0 Å². The van der Waals surface area contributed by atoms with E-state index in [2.05, 4.69) is 20.3 Å². The first kappa shape index (κ1) is 13.7. The van der Waals surface area contributed by atoms with E-state index in [4.69, 9.17) is 0 Å². The lowest BCUT2D eigenvalue weighted by Crippen LogP contribution is -2.28. The van der Waals surface area contributed by atoms with Crippen molar-refractivity contribution >= 4 is 17.7 Å². The average molecular weight is 279 g/mol. The van der Waals surface area contributed by atoms with E-state index in [1.807, 2.05) is 6.92 Å². The maximum absolute atomic E-state index is 11.8. The number of rotatable bonds is 6. The van der Waals surface area contributed by atoms with Gasteiger partial charge in [-0.3, -0.25) is 4.79 Å². The highest BCUT2D eigenvalue weighted by Gasteiger charge is 2.09. The first-order valence-electron chi connectivity index (χ1n) is 6.00. The first-order chi connectivity index (χ1) is 9.18. The number of carbonyl (C=O) groups excluding carboxylic acids is 1. The van der Waals surface area contributed by atoms with Crippen LogP contribution in [-0.2, 0) is 12.8 Å². The molecule has 0 aliphatic carbocycles. The van der Waals surface area contributed by atoms with Crippen molar-refractivity contribution in [3.63, 3.8) is 0 Å². The maximum Gasteiger partial charge on any atom is 0.287 e. The number of hydrogen-bond acceptors (Lipinski definition) is 4. The predicted molar refractivity (Wildman–Crippen MR) is 75.0 cm³/mol. The van der Waals surface area contributed by atoms with Gasteiger partial charge in [-0.15, -0.1) is 0 Å². The average Bonchev–Trinajstić information content (AvgIpc) is 2.98. The molecule has 0 atom stereocenters. The van der Waals surface area contributed by atoms with Crippen molar-refractivity contribution in [3.8, 4) is 0 Å². The third kappa shape index (κ3) is 3.60. The van der Waals surface area contributed by atoms with Gasteiger partial charge in [-0.1, -0.05) is 0 Å². The van der Waals surface area contributed by atoms with Crippen molar-refractivity contribution in [1.29, 1.82) is 0 Å². The quantitative estimate of drug-likeness (QED) is 0.777. The minimum absolute atomic E-state index is 0.135. The number of aromatic nitrogens is 4. The van der Waals surface area contributed by atoms with Gasteiger partial charge in [-0.2, -0.15) is 11.8 Å². The van der Waals surface area contributed by atoms with E-state index in [1.54, 1.807) is 42.1 Å². The van der Waals surface area contributed by atoms with E-state index in [1.165, 1.54) is 0 Å². The molecule has 7 heteroatoms. The second kappa shape index (κ2) is 6.42. The zero-order valence-electron chi connectivity index (χ0n) is 11.0. The highest BCUT2D eigenvalue weighted by atomic mass is 32.2. The van der Waals surface area contributed by atoms with Crippen molar-refractivity contribution in [2.45, 2.75) is 12.7 Å². The summed E-state index contributed by atoms with van der Waals surface area (Å²) in [5, 5.41) is 2.85. The van der Waals surface area contributed by atoms with E-state index >= 15 is 0 Å². The normalized spacial score (nSPS) is 10.6. The lowest BCUT2D eigenvalue weighted by atomic mass is 10.4. The fraction of sp³-hybridized carbons (Fsp3) is 0.417. The third-order valence-corrected chi connectivity index (χ3v) is 3.70. The first-order valence-corrected chi connectivity index (χ1v) is 7.16. The molecule has 2 rings (SSSR count). The van der Waals surface area contributed by atoms with Crippen LogP contribution >= 0.6 is 11.8 Å². The maximum atomic E-state index is 11.8. The Kier molecular flexibility index (Phi) is 4.62. The molecule has 2 N–H and O–H groups in total. The molecule has 2 heterocycles. The molecule has 2 aromatic rings. The Labute approximate surface area is 116 Å². The molecule has 0 saturated heterocycles. The van der Waals surface area contributed by atoms with Crippen LogP contribution in [0.4, 0.5) is 0 Å². The fourth-order valence-corrected chi connectivity index (χ4v) is 2.48. The molecule has 6 nitrogen and oxygen atoms in total. The van der Waals surface area contributed by atoms with Crippen molar-refractivity contribution in [2.75, 3.05) is 12.3 Å². The molecule has 0 aromatic carbocycles. The Morgan fingerprint density at radius 3 is 3.00 bits per heavy atom. The van der Waals surface area contributed by atoms with Crippen LogP contribution in [0.3, 0.4) is 0 Å². The molecule has 0 spiro atoms. The van der Waals surface area contributed by atoms with Crippen molar-refractivity contribution in [2.24, 2.45) is 7.05 Å². The summed E-state index contributed by atoms with van der Waals surface area (Å²) in [4.78, 5) is 23.0. The number of aryl methyl sites for hydroxylation is 2. The Bertz CT molecular complexity index is 548. The number of nitrogens with one attached hydrogen (secondary N) is 2. The van der Waals surface area contributed by atoms with Crippen LogP contribution in [0.15, 0.2) is 18.7 Å². The zero-order valence-corrected chi connectivity index (χ0v) is 11.8. The number of hydrogen-bond donors (Lipinski definition) is 2. The van der Waals surface area contributed by atoms with Gasteiger partial charge in [0.05, 0.1) is 12.0 Å². The van der Waals surface area contributed by atoms with Crippen LogP contribution in [0.5, 0.6) is 0 Å². The van der Waals surface area contributed by atoms with Gasteiger partial charge in [0, 0.05) is 43.2 Å². The molecule has 102 valence electrons. The SMILES string of the molecule is Cc1[nH]cnc1CSCCNC(=O)c1nccn1C. The molecule has 19 heavy (non-hydrogen) atoms. The lowest BCUT2D eigenvalue weighted by molar-refractivity contribution is 0.0943. The van der Waals surface area contributed by atoms with E-state index in [9.17, 15) is 4.79 Å². The highest BCUT2D eigenvalue weighted by molar-refractivity contribution is 7.98. The Morgan fingerprint density at radius 2 is 2.37 bits per heavy atom. The monoisotopic (exact) mass is 279 g/mol. The van der Waals surface area contributed by atoms with Gasteiger partial charge < -0.3 is 14.9 Å². The van der Waals surface area contributed by atoms with E-state index in [-0.39, 0.29) is 5.91 Å². The van der Waals surface area contributed by atoms with Crippen LogP contribution in [0.1, 0.15) is 22.0 Å². The molecule has 0 aliphatic heterocycles. The zero-order chi connectivity index (χ0) is 13.7. The van der Waals surface area contributed by atoms with Crippen LogP contribution in [-0.4, -0.2) is 37.7 Å². The van der Waals surface area contributed by atoms with Gasteiger partial charge in [-0.25, -0.2) is 9.97 Å². The molecule has 0 aliphatic rings. The summed E-state index contributed by atoms with van der Waals surface area (Å²) in [6.45, 7) is 2.63. The van der Waals surface area contributed by atoms with Crippen molar-refractivity contribution < 1.29 is 4.79 Å². The van der Waals surface area contributed by atoms with Crippen LogP contribution in [0.25, 0.3) is 0 Å². The number of thioether (sulfide) groups is 1. The van der Waals surface area contributed by atoms with Gasteiger partial charge in [-0.05, 0) is 6.92 Å². The third-order valence-electron chi connectivity index (χ3n) is 2.73. The van der Waals surface area contributed by atoms with Crippen molar-refractivity contribution in [1.82, 2.24) is 24.8 Å². The summed E-state index contributed by atoms with van der Waals surface area (Å²) < 4.78 is 1.70. The van der Waals surface area contributed by atoms with Gasteiger partial charge >= 0.3 is 0 Å². The van der Waals surface area contributed by atoms with E-state index in [0.29, 0.717) is 12.4 Å². The fourth-order valence-electron chi connectivity index (χ4n) is 1.60. The predicted octanol–water partition coefficient (Wildman–Crippen LogP) is 1.11. The lowest BCUT2D eigenvalue weighted by Gasteiger charge is -2.04. The molecular weight excluding hydrogens is 262 g/mol. The summed E-state index contributed by atoms with van der Waals surface area (Å²) in [7, 11) is 1.80. The topological polar surface area (TPSA) is 75.6 Å². The number of amides is 1. The summed E-state index contributed by atoms with van der Waals surface area (Å²) in [6, 6.07) is 0. The van der Waals surface area contributed by atoms with Gasteiger partial charge in [0.2, 0.25) is 0 Å². The standard InChI is InChI=1S/C12H17N5OS/c1-9-10(16-8-15-9)7-19-6-4-14-12(18)11-13-3-5-17(11)2/h3,5,8H,4,6-7H2,1-2H3,(H,14,18)(H,15,16). The number of aromatic amines is 1. The van der Waals surface area contributed by atoms with Crippen LogP contribution < -0.4 is 5.32 Å². The van der Waals surface area contributed by atoms with Crippen molar-refractivity contribution in [3.05, 3.63) is 35.9 Å². The smallest absolute Gasteiger partial charge is 0.287 e. The van der Waals surface area contributed by atoms with Gasteiger partial charge in [0.25, 0.3) is 5.91 Å². The van der Waals surface area contributed by atoms with E-state index < -0.39 is 0 Å². The number of carbonyl (C=O) groups is 1. The molecule has 0 fully saturated rings. The molecule has 0 unspecified atom stereocenters. The highest BCUT2D eigenvalue weighted by Crippen LogP contribution is 2.11. The van der Waals surface area contributed by atoms with Gasteiger partial charge in [0.1, 0.15) is 0 Å². The molecule has 0 radical (unpaired) electrons. The Morgan fingerprint density at radius 1 is 1.53 bits per heavy atom. The minimum Gasteiger partial charge on any atom is -0.349 e. The summed E-state index contributed by atoms with van der Waals surface area (Å²) in [6.07, 6.45) is 5.07. The second-order valence-electron chi connectivity index (χ2n) is 4.14.